The second kappa shape index (κ2) is 5.02. The molecule has 0 spiro atoms. The molecule has 0 saturated carbocycles. The van der Waals surface area contributed by atoms with Gasteiger partial charge in [-0.05, 0) is 38.1 Å². The van der Waals surface area contributed by atoms with Crippen molar-refractivity contribution in [3.63, 3.8) is 0 Å². The lowest BCUT2D eigenvalue weighted by molar-refractivity contribution is 0.199. The van der Waals surface area contributed by atoms with E-state index >= 15 is 0 Å². The molecule has 0 radical (unpaired) electrons. The summed E-state index contributed by atoms with van der Waals surface area (Å²) in [4.78, 5) is 2.18. The molecule has 0 aliphatic carbocycles. The quantitative estimate of drug-likeness (QED) is 0.874. The smallest absolute Gasteiger partial charge is 0.165 e. The third-order valence-corrected chi connectivity index (χ3v) is 3.12. The Bertz CT molecular complexity index is 395. The van der Waals surface area contributed by atoms with E-state index in [9.17, 15) is 4.39 Å². The van der Waals surface area contributed by atoms with Crippen molar-refractivity contribution in [2.45, 2.75) is 25.5 Å². The molecule has 94 valence electrons. The van der Waals surface area contributed by atoms with Gasteiger partial charge in [-0.2, -0.15) is 0 Å². The number of rotatable bonds is 3. The van der Waals surface area contributed by atoms with E-state index in [1.807, 2.05) is 20.0 Å². The normalized spacial score (nSPS) is 22.7. The lowest BCUT2D eigenvalue weighted by Gasteiger charge is -2.15. The monoisotopic (exact) mass is 238 g/mol. The second-order valence-corrected chi connectivity index (χ2v) is 4.77. The van der Waals surface area contributed by atoms with Crippen molar-refractivity contribution < 1.29 is 9.13 Å². The Morgan fingerprint density at radius 3 is 2.82 bits per heavy atom. The average molecular weight is 238 g/mol. The van der Waals surface area contributed by atoms with Gasteiger partial charge in [0.15, 0.2) is 11.6 Å². The van der Waals surface area contributed by atoms with Gasteiger partial charge in [0.2, 0.25) is 0 Å². The highest BCUT2D eigenvalue weighted by Crippen LogP contribution is 2.24. The molecular formula is C13H19FN2O. The Kier molecular flexibility index (Phi) is 3.64. The number of likely N-dealkylation sites (tertiary alicyclic amines) is 1. The van der Waals surface area contributed by atoms with Gasteiger partial charge in [-0.1, -0.05) is 6.07 Å². The van der Waals surface area contributed by atoms with Gasteiger partial charge in [-0.15, -0.1) is 0 Å². The number of hydrogen-bond acceptors (Lipinski definition) is 3. The number of ether oxygens (including phenoxy) is 1. The van der Waals surface area contributed by atoms with Gasteiger partial charge in [0.05, 0.1) is 0 Å². The minimum Gasteiger partial charge on any atom is -0.486 e. The molecular weight excluding hydrogens is 219 g/mol. The summed E-state index contributed by atoms with van der Waals surface area (Å²) in [5, 5.41) is 0. The molecule has 2 unspecified atom stereocenters. The third-order valence-electron chi connectivity index (χ3n) is 3.12. The van der Waals surface area contributed by atoms with E-state index in [2.05, 4.69) is 4.90 Å². The van der Waals surface area contributed by atoms with E-state index in [0.717, 1.165) is 25.1 Å². The summed E-state index contributed by atoms with van der Waals surface area (Å²) >= 11 is 0. The molecule has 1 saturated heterocycles. The van der Waals surface area contributed by atoms with Crippen LogP contribution in [0.3, 0.4) is 0 Å². The van der Waals surface area contributed by atoms with Gasteiger partial charge in [-0.3, -0.25) is 0 Å². The van der Waals surface area contributed by atoms with Crippen LogP contribution >= 0.6 is 0 Å². The number of likely N-dealkylation sites (N-methyl/N-ethyl adjacent to an activating group) is 1. The van der Waals surface area contributed by atoms with Crippen molar-refractivity contribution in [2.24, 2.45) is 5.73 Å². The molecule has 1 heterocycles. The van der Waals surface area contributed by atoms with Crippen LogP contribution < -0.4 is 10.5 Å². The van der Waals surface area contributed by atoms with Crippen molar-refractivity contribution in [1.82, 2.24) is 4.90 Å². The predicted molar refractivity (Wildman–Crippen MR) is 65.5 cm³/mol. The largest absolute Gasteiger partial charge is 0.486 e. The highest BCUT2D eigenvalue weighted by molar-refractivity contribution is 5.31. The van der Waals surface area contributed by atoms with Crippen LogP contribution in [0.4, 0.5) is 4.39 Å². The van der Waals surface area contributed by atoms with E-state index in [4.69, 9.17) is 10.5 Å². The van der Waals surface area contributed by atoms with Gasteiger partial charge in [0, 0.05) is 19.1 Å². The maximum Gasteiger partial charge on any atom is 0.165 e. The minimum atomic E-state index is -0.325. The summed E-state index contributed by atoms with van der Waals surface area (Å²) in [6.07, 6.45) is 1.04. The van der Waals surface area contributed by atoms with Gasteiger partial charge < -0.3 is 15.4 Å². The topological polar surface area (TPSA) is 38.5 Å². The van der Waals surface area contributed by atoms with Crippen molar-refractivity contribution >= 4 is 0 Å². The van der Waals surface area contributed by atoms with E-state index < -0.39 is 0 Å². The van der Waals surface area contributed by atoms with Gasteiger partial charge in [0.25, 0.3) is 0 Å². The van der Waals surface area contributed by atoms with Gasteiger partial charge in [0.1, 0.15) is 6.10 Å². The van der Waals surface area contributed by atoms with E-state index in [0.29, 0.717) is 5.75 Å². The number of halogens is 1. The van der Waals surface area contributed by atoms with E-state index in [1.54, 1.807) is 6.07 Å². The molecule has 2 atom stereocenters. The van der Waals surface area contributed by atoms with Crippen LogP contribution in [0.1, 0.15) is 24.9 Å². The molecule has 2 rings (SSSR count). The maximum atomic E-state index is 13.8. The summed E-state index contributed by atoms with van der Waals surface area (Å²) in [5.41, 5.74) is 6.49. The first-order valence-electron chi connectivity index (χ1n) is 5.96. The molecule has 1 aliphatic rings. The highest BCUT2D eigenvalue weighted by atomic mass is 19.1. The summed E-state index contributed by atoms with van der Waals surface area (Å²) in [5.74, 6) is 0.00375. The number of hydrogen-bond donors (Lipinski definition) is 1. The zero-order chi connectivity index (χ0) is 12.4. The first kappa shape index (κ1) is 12.3. The van der Waals surface area contributed by atoms with Crippen LogP contribution in [0.2, 0.25) is 0 Å². The molecule has 0 amide bonds. The average Bonchev–Trinajstić information content (AvgIpc) is 2.67. The minimum absolute atomic E-state index is 0.0932. The van der Waals surface area contributed by atoms with Crippen molar-refractivity contribution in [3.05, 3.63) is 29.6 Å². The number of nitrogens with two attached hydrogens (primary N) is 1. The molecule has 2 N–H and O–H groups in total. The van der Waals surface area contributed by atoms with Gasteiger partial charge in [-0.25, -0.2) is 4.39 Å². The van der Waals surface area contributed by atoms with Crippen LogP contribution in [0, 0.1) is 5.82 Å². The Balaban J connectivity index is 2.06. The Labute approximate surface area is 101 Å². The van der Waals surface area contributed by atoms with Crippen LogP contribution in [-0.2, 0) is 0 Å². The lowest BCUT2D eigenvalue weighted by atomic mass is 10.1. The molecule has 1 fully saturated rings. The maximum absolute atomic E-state index is 13.8. The van der Waals surface area contributed by atoms with E-state index in [1.165, 1.54) is 6.07 Å². The van der Waals surface area contributed by atoms with Crippen molar-refractivity contribution in [2.75, 3.05) is 20.1 Å². The van der Waals surface area contributed by atoms with E-state index in [-0.39, 0.29) is 18.0 Å². The van der Waals surface area contributed by atoms with Gasteiger partial charge >= 0.3 is 0 Å². The number of nitrogens with zero attached hydrogens (tertiary/aromatic N) is 1. The molecule has 3 nitrogen and oxygen atoms in total. The summed E-state index contributed by atoms with van der Waals surface area (Å²) < 4.78 is 19.4. The first-order chi connectivity index (χ1) is 8.06. The highest BCUT2D eigenvalue weighted by Gasteiger charge is 2.22. The first-order valence-corrected chi connectivity index (χ1v) is 5.96. The summed E-state index contributed by atoms with van der Waals surface area (Å²) in [6.45, 7) is 3.69. The predicted octanol–water partition coefficient (Wildman–Crippen LogP) is 1.93. The second-order valence-electron chi connectivity index (χ2n) is 4.77. The summed E-state index contributed by atoms with van der Waals surface area (Å²) in [7, 11) is 2.04. The van der Waals surface area contributed by atoms with Crippen LogP contribution in [-0.4, -0.2) is 31.1 Å². The van der Waals surface area contributed by atoms with Crippen LogP contribution in [0.25, 0.3) is 0 Å². The molecule has 1 aromatic carbocycles. The lowest BCUT2D eigenvalue weighted by Crippen LogP contribution is -2.21. The summed E-state index contributed by atoms with van der Waals surface area (Å²) in [6, 6.07) is 4.79. The molecule has 0 bridgehead atoms. The Morgan fingerprint density at radius 2 is 2.29 bits per heavy atom. The molecule has 17 heavy (non-hydrogen) atoms. The SMILES string of the molecule is CC(N)c1ccc(OC2CCN(C)C2)c(F)c1. The Morgan fingerprint density at radius 1 is 1.53 bits per heavy atom. The molecule has 4 heteroatoms. The Hall–Kier alpha value is -1.13. The number of benzene rings is 1. The fraction of sp³-hybridized carbons (Fsp3) is 0.538. The zero-order valence-corrected chi connectivity index (χ0v) is 10.3. The molecule has 1 aliphatic heterocycles. The third kappa shape index (κ3) is 2.96. The zero-order valence-electron chi connectivity index (χ0n) is 10.3. The van der Waals surface area contributed by atoms with Crippen LogP contribution in [0.15, 0.2) is 18.2 Å². The molecule has 0 aromatic heterocycles. The molecule has 1 aromatic rings. The standard InChI is InChI=1S/C13H19FN2O/c1-9(15)10-3-4-13(12(14)7-10)17-11-5-6-16(2)8-11/h3-4,7,9,11H,5-6,8,15H2,1-2H3. The fourth-order valence-electron chi connectivity index (χ4n) is 2.07. The van der Waals surface area contributed by atoms with Crippen molar-refractivity contribution in [3.8, 4) is 5.75 Å². The fourth-order valence-corrected chi connectivity index (χ4v) is 2.07. The van der Waals surface area contributed by atoms with Crippen molar-refractivity contribution in [1.29, 1.82) is 0 Å². The van der Waals surface area contributed by atoms with Crippen LogP contribution in [0.5, 0.6) is 5.75 Å².